The Labute approximate surface area is 122 Å². The molecule has 20 heavy (non-hydrogen) atoms. The third kappa shape index (κ3) is 3.27. The van der Waals surface area contributed by atoms with Crippen LogP contribution in [0.5, 0.6) is 0 Å². The van der Waals surface area contributed by atoms with Crippen LogP contribution >= 0.6 is 11.8 Å². The molecule has 0 saturated carbocycles. The fraction of sp³-hybridized carbons (Fsp3) is 0.214. The zero-order valence-corrected chi connectivity index (χ0v) is 12.4. The van der Waals surface area contributed by atoms with Gasteiger partial charge in [-0.3, -0.25) is 4.79 Å². The molecule has 2 rings (SSSR count). The first-order valence-electron chi connectivity index (χ1n) is 6.11. The molecule has 1 amide bonds. The minimum Gasteiger partial charge on any atom is -0.398 e. The van der Waals surface area contributed by atoms with Crippen LogP contribution in [0.4, 0.5) is 5.69 Å². The Bertz CT molecular complexity index is 637. The first-order chi connectivity index (χ1) is 9.49. The number of hydrogen-bond donors (Lipinski definition) is 2. The average molecular weight is 288 g/mol. The van der Waals surface area contributed by atoms with Crippen LogP contribution in [0.1, 0.15) is 21.7 Å². The first-order valence-corrected chi connectivity index (χ1v) is 6.93. The molecule has 0 radical (unpaired) electrons. The Hall–Kier alpha value is -2.08. The Morgan fingerprint density at radius 3 is 2.45 bits per heavy atom. The molecule has 0 atom stereocenters. The number of nitrogens with zero attached hydrogens (tertiary/aromatic N) is 2. The van der Waals surface area contributed by atoms with Gasteiger partial charge in [0.25, 0.3) is 5.91 Å². The van der Waals surface area contributed by atoms with E-state index in [1.165, 1.54) is 11.8 Å². The van der Waals surface area contributed by atoms with E-state index in [0.717, 1.165) is 16.3 Å². The Kier molecular flexibility index (Phi) is 4.24. The quantitative estimate of drug-likeness (QED) is 0.668. The molecule has 5 nitrogen and oxygen atoms in total. The average Bonchev–Trinajstić information content (AvgIpc) is 2.39. The number of carbonyl (C=O) groups is 1. The zero-order chi connectivity index (χ0) is 14.7. The molecule has 1 aromatic carbocycles. The van der Waals surface area contributed by atoms with Gasteiger partial charge in [-0.25, -0.2) is 9.97 Å². The predicted octanol–water partition coefficient (Wildman–Crippen LogP) is 2.19. The predicted molar refractivity (Wildman–Crippen MR) is 79.9 cm³/mol. The Balaban J connectivity index is 2.34. The van der Waals surface area contributed by atoms with Crippen molar-refractivity contribution >= 4 is 23.4 Å². The van der Waals surface area contributed by atoms with E-state index in [9.17, 15) is 4.79 Å². The largest absolute Gasteiger partial charge is 0.398 e. The second-order valence-corrected chi connectivity index (χ2v) is 5.38. The molecular formula is C14H16N4OS. The fourth-order valence-corrected chi connectivity index (χ4v) is 2.69. The van der Waals surface area contributed by atoms with Crippen LogP contribution in [0.15, 0.2) is 34.3 Å². The monoisotopic (exact) mass is 288 g/mol. The van der Waals surface area contributed by atoms with Crippen molar-refractivity contribution < 1.29 is 4.79 Å². The Morgan fingerprint density at radius 1 is 1.20 bits per heavy atom. The van der Waals surface area contributed by atoms with E-state index in [1.807, 2.05) is 19.9 Å². The second-order valence-electron chi connectivity index (χ2n) is 4.37. The topological polar surface area (TPSA) is 80.9 Å². The van der Waals surface area contributed by atoms with E-state index in [1.54, 1.807) is 25.2 Å². The zero-order valence-electron chi connectivity index (χ0n) is 11.6. The van der Waals surface area contributed by atoms with Gasteiger partial charge in [0.05, 0.1) is 0 Å². The number of amides is 1. The molecule has 3 N–H and O–H groups in total. The highest BCUT2D eigenvalue weighted by molar-refractivity contribution is 7.99. The highest BCUT2D eigenvalue weighted by atomic mass is 32.2. The lowest BCUT2D eigenvalue weighted by Gasteiger charge is -2.08. The molecule has 0 bridgehead atoms. The summed E-state index contributed by atoms with van der Waals surface area (Å²) in [4.78, 5) is 21.1. The number of nitrogens with one attached hydrogen (secondary N) is 1. The van der Waals surface area contributed by atoms with Crippen molar-refractivity contribution in [1.82, 2.24) is 15.3 Å². The van der Waals surface area contributed by atoms with Crippen molar-refractivity contribution in [2.45, 2.75) is 23.9 Å². The van der Waals surface area contributed by atoms with Crippen LogP contribution in [-0.2, 0) is 0 Å². The summed E-state index contributed by atoms with van der Waals surface area (Å²) < 4.78 is 0. The molecule has 104 valence electrons. The van der Waals surface area contributed by atoms with Crippen molar-refractivity contribution in [3.63, 3.8) is 0 Å². The summed E-state index contributed by atoms with van der Waals surface area (Å²) in [5.74, 6) is -0.145. The van der Waals surface area contributed by atoms with E-state index in [4.69, 9.17) is 5.73 Å². The SMILES string of the molecule is CNC(=O)c1ccc(N)c(Sc2nc(C)cc(C)n2)c1. The molecule has 0 spiro atoms. The van der Waals surface area contributed by atoms with Gasteiger partial charge < -0.3 is 11.1 Å². The number of anilines is 1. The van der Waals surface area contributed by atoms with Gasteiger partial charge in [-0.05, 0) is 49.9 Å². The van der Waals surface area contributed by atoms with Gasteiger partial charge in [0.1, 0.15) is 0 Å². The molecule has 0 aliphatic carbocycles. The molecule has 2 aromatic rings. The minimum absolute atomic E-state index is 0.145. The summed E-state index contributed by atoms with van der Waals surface area (Å²) in [6.07, 6.45) is 0. The number of carbonyl (C=O) groups excluding carboxylic acids is 1. The van der Waals surface area contributed by atoms with Gasteiger partial charge >= 0.3 is 0 Å². The lowest BCUT2D eigenvalue weighted by Crippen LogP contribution is -2.17. The number of aromatic nitrogens is 2. The number of benzene rings is 1. The van der Waals surface area contributed by atoms with E-state index in [2.05, 4.69) is 15.3 Å². The van der Waals surface area contributed by atoms with Crippen LogP contribution < -0.4 is 11.1 Å². The maximum absolute atomic E-state index is 11.6. The van der Waals surface area contributed by atoms with Crippen molar-refractivity contribution in [3.8, 4) is 0 Å². The fourth-order valence-electron chi connectivity index (χ4n) is 1.75. The maximum atomic E-state index is 11.6. The van der Waals surface area contributed by atoms with Crippen molar-refractivity contribution in [3.05, 3.63) is 41.2 Å². The van der Waals surface area contributed by atoms with Gasteiger partial charge in [0.2, 0.25) is 0 Å². The van der Waals surface area contributed by atoms with E-state index >= 15 is 0 Å². The van der Waals surface area contributed by atoms with Gasteiger partial charge in [-0.1, -0.05) is 0 Å². The van der Waals surface area contributed by atoms with Crippen LogP contribution in [0.25, 0.3) is 0 Å². The van der Waals surface area contributed by atoms with Gasteiger partial charge in [-0.15, -0.1) is 0 Å². The molecule has 6 heteroatoms. The smallest absolute Gasteiger partial charge is 0.251 e. The normalized spacial score (nSPS) is 10.3. The molecule has 0 unspecified atom stereocenters. The highest BCUT2D eigenvalue weighted by Crippen LogP contribution is 2.30. The molecule has 1 aromatic heterocycles. The molecule has 1 heterocycles. The molecule has 0 saturated heterocycles. The lowest BCUT2D eigenvalue weighted by atomic mass is 10.2. The summed E-state index contributed by atoms with van der Waals surface area (Å²) in [6.45, 7) is 3.84. The number of nitrogen functional groups attached to an aromatic ring is 1. The van der Waals surface area contributed by atoms with Gasteiger partial charge in [0, 0.05) is 34.6 Å². The number of aryl methyl sites for hydroxylation is 2. The number of rotatable bonds is 3. The van der Waals surface area contributed by atoms with E-state index in [0.29, 0.717) is 16.4 Å². The maximum Gasteiger partial charge on any atom is 0.251 e. The lowest BCUT2D eigenvalue weighted by molar-refractivity contribution is 0.0963. The summed E-state index contributed by atoms with van der Waals surface area (Å²) in [5, 5.41) is 3.22. The molecule has 0 aliphatic heterocycles. The van der Waals surface area contributed by atoms with Crippen molar-refractivity contribution in [1.29, 1.82) is 0 Å². The summed E-state index contributed by atoms with van der Waals surface area (Å²) in [5.41, 5.74) is 8.92. The molecular weight excluding hydrogens is 272 g/mol. The van der Waals surface area contributed by atoms with Gasteiger partial charge in [-0.2, -0.15) is 0 Å². The second kappa shape index (κ2) is 5.92. The van der Waals surface area contributed by atoms with Crippen LogP contribution in [-0.4, -0.2) is 22.9 Å². The van der Waals surface area contributed by atoms with E-state index < -0.39 is 0 Å². The first kappa shape index (κ1) is 14.3. The van der Waals surface area contributed by atoms with Crippen LogP contribution in [0.3, 0.4) is 0 Å². The number of hydrogen-bond acceptors (Lipinski definition) is 5. The molecule has 0 fully saturated rings. The number of nitrogens with two attached hydrogens (primary N) is 1. The van der Waals surface area contributed by atoms with Crippen molar-refractivity contribution in [2.75, 3.05) is 12.8 Å². The minimum atomic E-state index is -0.145. The van der Waals surface area contributed by atoms with Gasteiger partial charge in [0.15, 0.2) is 5.16 Å². The summed E-state index contributed by atoms with van der Waals surface area (Å²) in [7, 11) is 1.60. The summed E-state index contributed by atoms with van der Waals surface area (Å²) in [6, 6.07) is 7.07. The Morgan fingerprint density at radius 2 is 1.85 bits per heavy atom. The molecule has 0 aliphatic rings. The summed E-state index contributed by atoms with van der Waals surface area (Å²) >= 11 is 1.36. The van der Waals surface area contributed by atoms with Crippen molar-refractivity contribution in [2.24, 2.45) is 0 Å². The van der Waals surface area contributed by atoms with Crippen LogP contribution in [0, 0.1) is 13.8 Å². The van der Waals surface area contributed by atoms with Crippen LogP contribution in [0.2, 0.25) is 0 Å². The third-order valence-corrected chi connectivity index (χ3v) is 3.60. The standard InChI is InChI=1S/C14H16N4OS/c1-8-6-9(2)18-14(17-8)20-12-7-10(13(19)16-3)4-5-11(12)15/h4-7H,15H2,1-3H3,(H,16,19). The highest BCUT2D eigenvalue weighted by Gasteiger charge is 2.10. The third-order valence-electron chi connectivity index (χ3n) is 2.67. The van der Waals surface area contributed by atoms with E-state index in [-0.39, 0.29) is 5.91 Å².